The Morgan fingerprint density at radius 1 is 1.07 bits per heavy atom. The van der Waals surface area contributed by atoms with Gasteiger partial charge in [0.15, 0.2) is 5.69 Å². The molecule has 0 spiro atoms. The van der Waals surface area contributed by atoms with Crippen molar-refractivity contribution in [3.8, 4) is 0 Å². The number of nitro benzene ring substituents is 2. The van der Waals surface area contributed by atoms with E-state index < -0.39 is 33.0 Å². The summed E-state index contributed by atoms with van der Waals surface area (Å²) in [5.74, 6) is 0.0580. The van der Waals surface area contributed by atoms with Crippen LogP contribution in [-0.2, 0) is 12.7 Å². The number of benzene rings is 1. The van der Waals surface area contributed by atoms with Crippen molar-refractivity contribution in [1.82, 2.24) is 4.57 Å². The summed E-state index contributed by atoms with van der Waals surface area (Å²) in [5, 5.41) is 22.9. The first-order valence-corrected chi connectivity index (χ1v) is 8.56. The molecule has 150 valence electrons. The number of piperidine rings is 1. The first-order chi connectivity index (χ1) is 13.2. The number of alkyl halides is 3. The van der Waals surface area contributed by atoms with Crippen molar-refractivity contribution in [2.75, 3.05) is 18.0 Å². The first-order valence-electron chi connectivity index (χ1n) is 8.56. The second kappa shape index (κ2) is 7.49. The zero-order chi connectivity index (χ0) is 20.5. The van der Waals surface area contributed by atoms with E-state index in [9.17, 15) is 33.4 Å². The minimum atomic E-state index is -4.92. The molecule has 1 saturated heterocycles. The van der Waals surface area contributed by atoms with Crippen LogP contribution in [0, 0.1) is 26.1 Å². The summed E-state index contributed by atoms with van der Waals surface area (Å²) >= 11 is 0. The maximum absolute atomic E-state index is 13.1. The predicted octanol–water partition coefficient (Wildman–Crippen LogP) is 4.24. The van der Waals surface area contributed by atoms with Crippen molar-refractivity contribution in [2.45, 2.75) is 25.6 Å². The Bertz CT molecular complexity index is 848. The van der Waals surface area contributed by atoms with Crippen molar-refractivity contribution >= 4 is 17.1 Å². The number of anilines is 1. The van der Waals surface area contributed by atoms with Gasteiger partial charge in [-0.2, -0.15) is 13.2 Å². The van der Waals surface area contributed by atoms with Crippen LogP contribution >= 0.6 is 0 Å². The Hall–Kier alpha value is -3.11. The molecule has 2 aromatic rings. The highest BCUT2D eigenvalue weighted by Gasteiger charge is 2.40. The molecule has 1 aliphatic rings. The van der Waals surface area contributed by atoms with Crippen LogP contribution in [0.2, 0.25) is 0 Å². The van der Waals surface area contributed by atoms with Gasteiger partial charge in [0.1, 0.15) is 0 Å². The Labute approximate surface area is 157 Å². The van der Waals surface area contributed by atoms with Gasteiger partial charge in [0, 0.05) is 44.2 Å². The number of halogens is 3. The van der Waals surface area contributed by atoms with Gasteiger partial charge in [0.25, 0.3) is 11.4 Å². The average molecular weight is 398 g/mol. The molecule has 0 aliphatic carbocycles. The summed E-state index contributed by atoms with van der Waals surface area (Å²) in [7, 11) is 0. The molecule has 1 atom stereocenters. The lowest BCUT2D eigenvalue weighted by molar-refractivity contribution is -0.393. The van der Waals surface area contributed by atoms with E-state index in [0.717, 1.165) is 6.42 Å². The summed E-state index contributed by atoms with van der Waals surface area (Å²) in [5.41, 5.74) is -3.57. The van der Waals surface area contributed by atoms with Gasteiger partial charge in [0.05, 0.1) is 15.4 Å². The smallest absolute Gasteiger partial charge is 0.360 e. The molecule has 1 aromatic carbocycles. The van der Waals surface area contributed by atoms with Gasteiger partial charge in [-0.05, 0) is 30.9 Å². The molecule has 2 heterocycles. The topological polar surface area (TPSA) is 94.4 Å². The number of nitro groups is 2. The summed E-state index contributed by atoms with van der Waals surface area (Å²) < 4.78 is 41.1. The number of hydrogen-bond acceptors (Lipinski definition) is 5. The molecular formula is C17H17F3N4O4. The Kier molecular flexibility index (Phi) is 5.25. The second-order valence-corrected chi connectivity index (χ2v) is 6.71. The van der Waals surface area contributed by atoms with E-state index in [0.29, 0.717) is 31.6 Å². The fourth-order valence-electron chi connectivity index (χ4n) is 3.58. The molecule has 0 radical (unpaired) electrons. The van der Waals surface area contributed by atoms with E-state index in [1.165, 1.54) is 4.90 Å². The number of aromatic nitrogens is 1. The quantitative estimate of drug-likeness (QED) is 0.555. The van der Waals surface area contributed by atoms with Crippen molar-refractivity contribution in [3.63, 3.8) is 0 Å². The van der Waals surface area contributed by atoms with Gasteiger partial charge >= 0.3 is 6.18 Å². The lowest BCUT2D eigenvalue weighted by Crippen LogP contribution is -2.37. The minimum Gasteiger partial charge on any atom is -0.360 e. The largest absolute Gasteiger partial charge is 0.416 e. The number of hydrogen-bond donors (Lipinski definition) is 0. The minimum absolute atomic E-state index is 0.0580. The fourth-order valence-corrected chi connectivity index (χ4v) is 3.58. The van der Waals surface area contributed by atoms with Crippen LogP contribution in [0.25, 0.3) is 0 Å². The van der Waals surface area contributed by atoms with Crippen molar-refractivity contribution < 1.29 is 23.0 Å². The standard InChI is InChI=1S/C17H17F3N4O4/c18-17(19,20)13-8-14(23(25)26)16(15(9-13)24(27)28)22-7-3-4-12(11-22)10-21-5-1-2-6-21/h1-2,5-6,8-9,12H,3-4,7,10-11H2/t12-/m1/s1. The molecule has 1 fully saturated rings. The van der Waals surface area contributed by atoms with Crippen LogP contribution < -0.4 is 4.90 Å². The Morgan fingerprint density at radius 3 is 2.14 bits per heavy atom. The number of nitrogens with zero attached hydrogens (tertiary/aromatic N) is 4. The van der Waals surface area contributed by atoms with Crippen LogP contribution in [0.4, 0.5) is 30.2 Å². The van der Waals surface area contributed by atoms with Crippen molar-refractivity contribution in [2.24, 2.45) is 5.92 Å². The summed E-state index contributed by atoms with van der Waals surface area (Å²) in [6.45, 7) is 1.20. The van der Waals surface area contributed by atoms with E-state index >= 15 is 0 Å². The summed E-state index contributed by atoms with van der Waals surface area (Å²) in [6.07, 6.45) is 0.245. The average Bonchev–Trinajstić information content (AvgIpc) is 3.12. The first kappa shape index (κ1) is 19.6. The highest BCUT2D eigenvalue weighted by Crippen LogP contribution is 2.44. The van der Waals surface area contributed by atoms with E-state index in [1.807, 2.05) is 29.1 Å². The molecule has 0 saturated carbocycles. The number of rotatable bonds is 5. The normalized spacial score (nSPS) is 17.5. The third-order valence-corrected chi connectivity index (χ3v) is 4.76. The van der Waals surface area contributed by atoms with Crippen LogP contribution in [0.5, 0.6) is 0 Å². The zero-order valence-corrected chi connectivity index (χ0v) is 14.6. The maximum atomic E-state index is 13.1. The van der Waals surface area contributed by atoms with Crippen LogP contribution in [0.3, 0.4) is 0 Å². The fraction of sp³-hybridized carbons (Fsp3) is 0.412. The van der Waals surface area contributed by atoms with Crippen LogP contribution in [-0.4, -0.2) is 27.5 Å². The molecular weight excluding hydrogens is 381 g/mol. The SMILES string of the molecule is O=[N+]([O-])c1cc(C(F)(F)F)cc([N+](=O)[O-])c1N1CCC[C@H](Cn2cccc2)C1. The molecule has 0 bridgehead atoms. The molecule has 3 rings (SSSR count). The van der Waals surface area contributed by atoms with Gasteiger partial charge in [-0.15, -0.1) is 0 Å². The molecule has 0 amide bonds. The van der Waals surface area contributed by atoms with Gasteiger partial charge in [-0.3, -0.25) is 20.2 Å². The van der Waals surface area contributed by atoms with E-state index in [-0.39, 0.29) is 18.2 Å². The lowest BCUT2D eigenvalue weighted by Gasteiger charge is -2.34. The Morgan fingerprint density at radius 2 is 1.64 bits per heavy atom. The predicted molar refractivity (Wildman–Crippen MR) is 94.1 cm³/mol. The van der Waals surface area contributed by atoms with Crippen LogP contribution in [0.1, 0.15) is 18.4 Å². The van der Waals surface area contributed by atoms with Gasteiger partial charge in [0.2, 0.25) is 0 Å². The molecule has 8 nitrogen and oxygen atoms in total. The molecule has 1 aromatic heterocycles. The zero-order valence-electron chi connectivity index (χ0n) is 14.6. The lowest BCUT2D eigenvalue weighted by atomic mass is 9.96. The monoisotopic (exact) mass is 398 g/mol. The van der Waals surface area contributed by atoms with Crippen molar-refractivity contribution in [1.29, 1.82) is 0 Å². The van der Waals surface area contributed by atoms with E-state index in [4.69, 9.17) is 0 Å². The Balaban J connectivity index is 2.01. The van der Waals surface area contributed by atoms with E-state index in [2.05, 4.69) is 0 Å². The van der Waals surface area contributed by atoms with Gasteiger partial charge in [-0.25, -0.2) is 0 Å². The maximum Gasteiger partial charge on any atom is 0.416 e. The second-order valence-electron chi connectivity index (χ2n) is 6.71. The van der Waals surface area contributed by atoms with E-state index in [1.54, 1.807) is 0 Å². The summed E-state index contributed by atoms with van der Waals surface area (Å²) in [4.78, 5) is 22.4. The van der Waals surface area contributed by atoms with Crippen LogP contribution in [0.15, 0.2) is 36.7 Å². The molecule has 28 heavy (non-hydrogen) atoms. The summed E-state index contributed by atoms with van der Waals surface area (Å²) in [6, 6.07) is 4.45. The molecule has 11 heteroatoms. The van der Waals surface area contributed by atoms with Gasteiger partial charge < -0.3 is 9.47 Å². The third-order valence-electron chi connectivity index (χ3n) is 4.76. The molecule has 0 N–H and O–H groups in total. The molecule has 0 unspecified atom stereocenters. The van der Waals surface area contributed by atoms with Crippen molar-refractivity contribution in [3.05, 3.63) is 62.5 Å². The highest BCUT2D eigenvalue weighted by atomic mass is 19.4. The van der Waals surface area contributed by atoms with Gasteiger partial charge in [-0.1, -0.05) is 0 Å². The third kappa shape index (κ3) is 4.07. The molecule has 1 aliphatic heterocycles. The highest BCUT2D eigenvalue weighted by molar-refractivity contribution is 5.76.